The van der Waals surface area contributed by atoms with E-state index in [-0.39, 0.29) is 24.4 Å². The lowest BCUT2D eigenvalue weighted by Crippen LogP contribution is -2.28. The molecular weight excluding hydrogens is 322 g/mol. The molecule has 0 heterocycles. The minimum Gasteiger partial charge on any atom is -0.379 e. The van der Waals surface area contributed by atoms with Gasteiger partial charge in [0, 0.05) is 13.2 Å². The van der Waals surface area contributed by atoms with Gasteiger partial charge in [0.2, 0.25) is 0 Å². The molecule has 0 aliphatic heterocycles. The average molecular weight is 364 g/mol. The van der Waals surface area contributed by atoms with Gasteiger partial charge >= 0.3 is 0 Å². The first-order chi connectivity index (χ1) is 11.8. The largest absolute Gasteiger partial charge is 0.379 e. The van der Waals surface area contributed by atoms with Crippen LogP contribution in [-0.2, 0) is 23.7 Å². The smallest absolute Gasteiger partial charge is 0.0781 e. The van der Waals surface area contributed by atoms with Crippen molar-refractivity contribution in [2.75, 3.05) is 46.2 Å². The van der Waals surface area contributed by atoms with Gasteiger partial charge in [0.05, 0.1) is 57.5 Å². The molecule has 0 fully saturated rings. The van der Waals surface area contributed by atoms with Crippen molar-refractivity contribution in [1.29, 1.82) is 0 Å². The van der Waals surface area contributed by atoms with E-state index in [0.717, 1.165) is 13.0 Å². The molecule has 6 nitrogen and oxygen atoms in total. The molecular formula is C19H41NO5. The zero-order valence-corrected chi connectivity index (χ0v) is 17.2. The average Bonchev–Trinajstić information content (AvgIpc) is 2.57. The Morgan fingerprint density at radius 2 is 1.04 bits per heavy atom. The van der Waals surface area contributed by atoms with Crippen LogP contribution in [-0.4, -0.2) is 70.6 Å². The van der Waals surface area contributed by atoms with Gasteiger partial charge in [0.1, 0.15) is 0 Å². The first-order valence-corrected chi connectivity index (χ1v) is 9.59. The van der Waals surface area contributed by atoms with Crippen molar-refractivity contribution < 1.29 is 23.7 Å². The van der Waals surface area contributed by atoms with E-state index in [2.05, 4.69) is 13.8 Å². The SMILES string of the molecule is CC(C)CCOC[C@@H](C)OC[C@@H](C)OC[C@@H](C)OC[C@@H](C)OCCN. The molecule has 0 radical (unpaired) electrons. The van der Waals surface area contributed by atoms with Crippen LogP contribution in [0.2, 0.25) is 0 Å². The molecule has 0 aromatic carbocycles. The fourth-order valence-corrected chi connectivity index (χ4v) is 1.93. The van der Waals surface area contributed by atoms with Crippen LogP contribution in [0.4, 0.5) is 0 Å². The van der Waals surface area contributed by atoms with Gasteiger partial charge in [-0.3, -0.25) is 0 Å². The van der Waals surface area contributed by atoms with E-state index in [4.69, 9.17) is 29.4 Å². The van der Waals surface area contributed by atoms with E-state index in [1.54, 1.807) is 0 Å². The summed E-state index contributed by atoms with van der Waals surface area (Å²) in [6.07, 6.45) is 1.24. The second-order valence-corrected chi connectivity index (χ2v) is 7.16. The first kappa shape index (κ1) is 24.8. The summed E-state index contributed by atoms with van der Waals surface area (Å²) < 4.78 is 28.3. The number of ether oxygens (including phenoxy) is 5. The molecule has 0 aromatic rings. The molecule has 6 heteroatoms. The van der Waals surface area contributed by atoms with Gasteiger partial charge in [0.15, 0.2) is 0 Å². The summed E-state index contributed by atoms with van der Waals surface area (Å²) in [5.41, 5.74) is 5.40. The van der Waals surface area contributed by atoms with Crippen molar-refractivity contribution in [2.24, 2.45) is 11.7 Å². The third-order valence-corrected chi connectivity index (χ3v) is 3.56. The van der Waals surface area contributed by atoms with Crippen LogP contribution in [0.15, 0.2) is 0 Å². The molecule has 0 saturated heterocycles. The summed E-state index contributed by atoms with van der Waals surface area (Å²) in [6, 6.07) is 0. The molecule has 152 valence electrons. The molecule has 0 amide bonds. The second kappa shape index (κ2) is 16.0. The summed E-state index contributed by atoms with van der Waals surface area (Å²) in [5, 5.41) is 0. The number of hydrogen-bond donors (Lipinski definition) is 1. The molecule has 0 aromatic heterocycles. The molecule has 0 saturated carbocycles. The summed E-state index contributed by atoms with van der Waals surface area (Å²) in [6.45, 7) is 16.5. The molecule has 0 unspecified atom stereocenters. The van der Waals surface area contributed by atoms with Gasteiger partial charge in [0.25, 0.3) is 0 Å². The maximum absolute atomic E-state index is 5.77. The Morgan fingerprint density at radius 3 is 1.48 bits per heavy atom. The summed E-state index contributed by atoms with van der Waals surface area (Å²) in [5.74, 6) is 0.670. The van der Waals surface area contributed by atoms with Crippen LogP contribution >= 0.6 is 0 Å². The Kier molecular flexibility index (Phi) is 15.8. The lowest BCUT2D eigenvalue weighted by atomic mass is 10.1. The highest BCUT2D eigenvalue weighted by Gasteiger charge is 2.11. The van der Waals surface area contributed by atoms with E-state index in [1.165, 1.54) is 0 Å². The molecule has 0 bridgehead atoms. The zero-order chi connectivity index (χ0) is 19.1. The van der Waals surface area contributed by atoms with E-state index >= 15 is 0 Å². The third kappa shape index (κ3) is 17.0. The molecule has 0 spiro atoms. The standard InChI is InChI=1S/C19H41NO5/c1-15(2)7-9-21-11-16(3)23-13-18(5)25-14-19(6)24-12-17(4)22-10-8-20/h15-19H,7-14,20H2,1-6H3/t16-,17-,18-,19-/m1/s1. The van der Waals surface area contributed by atoms with E-state index in [1.807, 2.05) is 27.7 Å². The Hall–Kier alpha value is -0.240. The van der Waals surface area contributed by atoms with E-state index in [9.17, 15) is 0 Å². The van der Waals surface area contributed by atoms with Crippen LogP contribution in [0.5, 0.6) is 0 Å². The van der Waals surface area contributed by atoms with Crippen molar-refractivity contribution in [2.45, 2.75) is 72.4 Å². The third-order valence-electron chi connectivity index (χ3n) is 3.56. The van der Waals surface area contributed by atoms with Crippen molar-refractivity contribution in [3.8, 4) is 0 Å². The van der Waals surface area contributed by atoms with Crippen molar-refractivity contribution in [3.05, 3.63) is 0 Å². The molecule has 0 aliphatic carbocycles. The lowest BCUT2D eigenvalue weighted by Gasteiger charge is -2.21. The second-order valence-electron chi connectivity index (χ2n) is 7.16. The van der Waals surface area contributed by atoms with Crippen molar-refractivity contribution >= 4 is 0 Å². The maximum atomic E-state index is 5.77. The first-order valence-electron chi connectivity index (χ1n) is 9.59. The van der Waals surface area contributed by atoms with Gasteiger partial charge < -0.3 is 29.4 Å². The number of nitrogens with two attached hydrogens (primary N) is 1. The highest BCUT2D eigenvalue weighted by Crippen LogP contribution is 2.03. The van der Waals surface area contributed by atoms with Crippen LogP contribution in [0.1, 0.15) is 48.0 Å². The van der Waals surface area contributed by atoms with Gasteiger partial charge in [-0.1, -0.05) is 13.8 Å². The van der Waals surface area contributed by atoms with Gasteiger partial charge in [-0.2, -0.15) is 0 Å². The topological polar surface area (TPSA) is 72.2 Å². The maximum Gasteiger partial charge on any atom is 0.0781 e. The molecule has 25 heavy (non-hydrogen) atoms. The highest BCUT2D eigenvalue weighted by atomic mass is 16.6. The zero-order valence-electron chi connectivity index (χ0n) is 17.2. The van der Waals surface area contributed by atoms with Crippen LogP contribution in [0.25, 0.3) is 0 Å². The highest BCUT2D eigenvalue weighted by molar-refractivity contribution is 4.57. The minimum absolute atomic E-state index is 0.0168. The van der Waals surface area contributed by atoms with E-state index < -0.39 is 0 Å². The fraction of sp³-hybridized carbons (Fsp3) is 1.00. The molecule has 2 N–H and O–H groups in total. The Bertz CT molecular complexity index is 291. The quantitative estimate of drug-likeness (QED) is 0.401. The summed E-state index contributed by atoms with van der Waals surface area (Å²) in [4.78, 5) is 0. The Labute approximate surface area is 154 Å². The van der Waals surface area contributed by atoms with Gasteiger partial charge in [-0.25, -0.2) is 0 Å². The van der Waals surface area contributed by atoms with Crippen LogP contribution in [0.3, 0.4) is 0 Å². The predicted octanol–water partition coefficient (Wildman–Crippen LogP) is 2.63. The van der Waals surface area contributed by atoms with Crippen LogP contribution in [0, 0.1) is 5.92 Å². The Morgan fingerprint density at radius 1 is 0.600 bits per heavy atom. The molecule has 4 atom stereocenters. The van der Waals surface area contributed by atoms with Crippen LogP contribution < -0.4 is 5.73 Å². The summed E-state index contributed by atoms with van der Waals surface area (Å²) in [7, 11) is 0. The number of rotatable bonds is 17. The monoisotopic (exact) mass is 363 g/mol. The normalized spacial score (nSPS) is 16.8. The van der Waals surface area contributed by atoms with Gasteiger partial charge in [-0.05, 0) is 40.0 Å². The van der Waals surface area contributed by atoms with Crippen molar-refractivity contribution in [1.82, 2.24) is 0 Å². The van der Waals surface area contributed by atoms with Gasteiger partial charge in [-0.15, -0.1) is 0 Å². The molecule has 0 rings (SSSR count). The molecule has 0 aliphatic rings. The van der Waals surface area contributed by atoms with E-state index in [0.29, 0.717) is 45.5 Å². The Balaban J connectivity index is 3.62. The lowest BCUT2D eigenvalue weighted by molar-refractivity contribution is -0.0918. The fourth-order valence-electron chi connectivity index (χ4n) is 1.93. The predicted molar refractivity (Wildman–Crippen MR) is 101 cm³/mol. The minimum atomic E-state index is 0.0168. The summed E-state index contributed by atoms with van der Waals surface area (Å²) >= 11 is 0. The van der Waals surface area contributed by atoms with Crippen molar-refractivity contribution in [3.63, 3.8) is 0 Å². The number of hydrogen-bond acceptors (Lipinski definition) is 6.